The first-order chi connectivity index (χ1) is 8.58. The van der Waals surface area contributed by atoms with Crippen molar-refractivity contribution in [2.75, 3.05) is 31.4 Å². The molecule has 1 atom stereocenters. The Labute approximate surface area is 106 Å². The van der Waals surface area contributed by atoms with Gasteiger partial charge in [-0.05, 0) is 19.4 Å². The predicted molar refractivity (Wildman–Crippen MR) is 70.0 cm³/mol. The minimum Gasteiger partial charge on any atom is -0.385 e. The fourth-order valence-corrected chi connectivity index (χ4v) is 1.44. The van der Waals surface area contributed by atoms with E-state index in [1.54, 1.807) is 20.2 Å². The van der Waals surface area contributed by atoms with Gasteiger partial charge in [0.15, 0.2) is 0 Å². The van der Waals surface area contributed by atoms with Crippen LogP contribution in [0.1, 0.15) is 13.3 Å². The van der Waals surface area contributed by atoms with Crippen molar-refractivity contribution in [3.63, 3.8) is 0 Å². The summed E-state index contributed by atoms with van der Waals surface area (Å²) in [6, 6.07) is 3.05. The number of pyridine rings is 1. The third-order valence-electron chi connectivity index (χ3n) is 2.46. The number of hydrogen-bond acceptors (Lipinski definition) is 6. The van der Waals surface area contributed by atoms with Gasteiger partial charge in [-0.1, -0.05) is 0 Å². The van der Waals surface area contributed by atoms with Crippen LogP contribution in [0.4, 0.5) is 17.3 Å². The van der Waals surface area contributed by atoms with Crippen molar-refractivity contribution in [1.82, 2.24) is 4.98 Å². The summed E-state index contributed by atoms with van der Waals surface area (Å²) in [7, 11) is 3.33. The van der Waals surface area contributed by atoms with E-state index in [-0.39, 0.29) is 17.5 Å². The molecule has 0 bridgehead atoms. The Balaban J connectivity index is 2.86. The van der Waals surface area contributed by atoms with Crippen LogP contribution >= 0.6 is 0 Å². The molecule has 0 amide bonds. The van der Waals surface area contributed by atoms with Crippen molar-refractivity contribution in [3.8, 4) is 0 Å². The van der Waals surface area contributed by atoms with Gasteiger partial charge in [0.1, 0.15) is 5.82 Å². The van der Waals surface area contributed by atoms with Crippen LogP contribution in [0.15, 0.2) is 12.1 Å². The molecular formula is C11H18N4O3. The molecule has 7 heteroatoms. The lowest BCUT2D eigenvalue weighted by atomic mass is 10.2. The van der Waals surface area contributed by atoms with Gasteiger partial charge in [-0.15, -0.1) is 0 Å². The van der Waals surface area contributed by atoms with Gasteiger partial charge in [0.05, 0.1) is 4.92 Å². The number of methoxy groups -OCH3 is 1. The van der Waals surface area contributed by atoms with E-state index in [4.69, 9.17) is 4.74 Å². The first-order valence-electron chi connectivity index (χ1n) is 5.67. The van der Waals surface area contributed by atoms with Crippen molar-refractivity contribution in [2.24, 2.45) is 0 Å². The summed E-state index contributed by atoms with van der Waals surface area (Å²) in [6.07, 6.45) is 0.749. The van der Waals surface area contributed by atoms with E-state index in [0.717, 1.165) is 6.42 Å². The maximum absolute atomic E-state index is 10.9. The average molecular weight is 254 g/mol. The van der Waals surface area contributed by atoms with Gasteiger partial charge in [0.2, 0.25) is 5.82 Å². The number of aromatic nitrogens is 1. The van der Waals surface area contributed by atoms with Gasteiger partial charge in [0, 0.05) is 32.9 Å². The smallest absolute Gasteiger partial charge is 0.311 e. The molecule has 0 radical (unpaired) electrons. The number of nitro groups is 1. The van der Waals surface area contributed by atoms with Crippen LogP contribution in [0.25, 0.3) is 0 Å². The SMILES string of the molecule is CNc1ccc([N+](=O)[O-])c(NC(C)CCOC)n1. The molecule has 0 aliphatic carbocycles. The van der Waals surface area contributed by atoms with Crippen molar-refractivity contribution in [3.05, 3.63) is 22.2 Å². The number of ether oxygens (including phenoxy) is 1. The topological polar surface area (TPSA) is 89.3 Å². The van der Waals surface area contributed by atoms with Gasteiger partial charge in [-0.3, -0.25) is 10.1 Å². The Hall–Kier alpha value is -1.89. The lowest BCUT2D eigenvalue weighted by Crippen LogP contribution is -2.19. The molecule has 0 saturated heterocycles. The highest BCUT2D eigenvalue weighted by Crippen LogP contribution is 2.24. The minimum absolute atomic E-state index is 0.0294. The van der Waals surface area contributed by atoms with Crippen LogP contribution in [0.3, 0.4) is 0 Å². The Morgan fingerprint density at radius 1 is 1.56 bits per heavy atom. The highest BCUT2D eigenvalue weighted by Gasteiger charge is 2.17. The summed E-state index contributed by atoms with van der Waals surface area (Å²) in [4.78, 5) is 14.6. The molecule has 18 heavy (non-hydrogen) atoms. The third kappa shape index (κ3) is 3.85. The van der Waals surface area contributed by atoms with E-state index in [9.17, 15) is 10.1 Å². The Morgan fingerprint density at radius 3 is 2.83 bits per heavy atom. The van der Waals surface area contributed by atoms with Crippen LogP contribution < -0.4 is 10.6 Å². The summed E-state index contributed by atoms with van der Waals surface area (Å²) in [5.74, 6) is 0.859. The molecule has 0 saturated carbocycles. The molecule has 0 aliphatic rings. The number of anilines is 2. The molecule has 0 fully saturated rings. The summed E-state index contributed by atoms with van der Waals surface area (Å²) >= 11 is 0. The Morgan fingerprint density at radius 2 is 2.28 bits per heavy atom. The summed E-state index contributed by atoms with van der Waals surface area (Å²) in [5.41, 5.74) is -0.0294. The minimum atomic E-state index is -0.447. The molecule has 1 heterocycles. The van der Waals surface area contributed by atoms with Gasteiger partial charge >= 0.3 is 5.69 Å². The molecule has 7 nitrogen and oxygen atoms in total. The second-order valence-electron chi connectivity index (χ2n) is 3.90. The normalized spacial score (nSPS) is 11.9. The summed E-state index contributed by atoms with van der Waals surface area (Å²) in [6.45, 7) is 2.52. The largest absolute Gasteiger partial charge is 0.385 e. The molecule has 1 aromatic heterocycles. The zero-order valence-electron chi connectivity index (χ0n) is 10.8. The van der Waals surface area contributed by atoms with Crippen molar-refractivity contribution in [1.29, 1.82) is 0 Å². The Bertz CT molecular complexity index is 411. The van der Waals surface area contributed by atoms with Crippen LogP contribution in [0.2, 0.25) is 0 Å². The number of hydrogen-bond donors (Lipinski definition) is 2. The second-order valence-corrected chi connectivity index (χ2v) is 3.90. The lowest BCUT2D eigenvalue weighted by Gasteiger charge is -2.14. The summed E-state index contributed by atoms with van der Waals surface area (Å²) in [5, 5.41) is 16.8. The zero-order valence-corrected chi connectivity index (χ0v) is 10.8. The Kier molecular flexibility index (Phi) is 5.31. The van der Waals surface area contributed by atoms with Crippen LogP contribution in [-0.4, -0.2) is 36.7 Å². The van der Waals surface area contributed by atoms with Crippen molar-refractivity contribution >= 4 is 17.3 Å². The number of rotatable bonds is 7. The standard InChI is InChI=1S/C11H18N4O3/c1-8(6-7-18-3)13-11-9(15(16)17)4-5-10(12-2)14-11/h4-5,8H,6-7H2,1-3H3,(H2,12,13,14). The van der Waals surface area contributed by atoms with E-state index in [2.05, 4.69) is 15.6 Å². The highest BCUT2D eigenvalue weighted by molar-refractivity contribution is 5.60. The molecule has 0 spiro atoms. The molecule has 1 rings (SSSR count). The van der Waals surface area contributed by atoms with Gasteiger partial charge in [-0.25, -0.2) is 4.98 Å². The van der Waals surface area contributed by atoms with Crippen molar-refractivity contribution in [2.45, 2.75) is 19.4 Å². The monoisotopic (exact) mass is 254 g/mol. The van der Waals surface area contributed by atoms with E-state index < -0.39 is 4.92 Å². The molecular weight excluding hydrogens is 236 g/mol. The summed E-state index contributed by atoms with van der Waals surface area (Å²) < 4.78 is 4.97. The molecule has 0 aliphatic heterocycles. The zero-order chi connectivity index (χ0) is 13.5. The van der Waals surface area contributed by atoms with Crippen LogP contribution in [-0.2, 0) is 4.74 Å². The maximum atomic E-state index is 10.9. The highest BCUT2D eigenvalue weighted by atomic mass is 16.6. The molecule has 1 aromatic rings. The van der Waals surface area contributed by atoms with Crippen LogP contribution in [0, 0.1) is 10.1 Å². The number of nitrogens with one attached hydrogen (secondary N) is 2. The van der Waals surface area contributed by atoms with Crippen molar-refractivity contribution < 1.29 is 9.66 Å². The average Bonchev–Trinajstić information content (AvgIpc) is 2.35. The lowest BCUT2D eigenvalue weighted by molar-refractivity contribution is -0.384. The molecule has 2 N–H and O–H groups in total. The quantitative estimate of drug-likeness (QED) is 0.570. The fourth-order valence-electron chi connectivity index (χ4n) is 1.44. The predicted octanol–water partition coefficient (Wildman–Crippen LogP) is 1.87. The van der Waals surface area contributed by atoms with E-state index in [1.165, 1.54) is 6.07 Å². The first kappa shape index (κ1) is 14.2. The van der Waals surface area contributed by atoms with E-state index >= 15 is 0 Å². The third-order valence-corrected chi connectivity index (χ3v) is 2.46. The number of nitrogens with zero attached hydrogens (tertiary/aromatic N) is 2. The first-order valence-corrected chi connectivity index (χ1v) is 5.67. The molecule has 100 valence electrons. The molecule has 1 unspecified atom stereocenters. The maximum Gasteiger partial charge on any atom is 0.311 e. The molecule has 0 aromatic carbocycles. The van der Waals surface area contributed by atoms with Gasteiger partial charge in [0.25, 0.3) is 0 Å². The van der Waals surface area contributed by atoms with Gasteiger partial charge < -0.3 is 15.4 Å². The second kappa shape index (κ2) is 6.75. The van der Waals surface area contributed by atoms with E-state index in [0.29, 0.717) is 12.4 Å². The van der Waals surface area contributed by atoms with Crippen LogP contribution in [0.5, 0.6) is 0 Å². The van der Waals surface area contributed by atoms with Gasteiger partial charge in [-0.2, -0.15) is 0 Å². The fraction of sp³-hybridized carbons (Fsp3) is 0.545. The van der Waals surface area contributed by atoms with E-state index in [1.807, 2.05) is 6.92 Å².